The van der Waals surface area contributed by atoms with Gasteiger partial charge in [-0.3, -0.25) is 4.79 Å². The van der Waals surface area contributed by atoms with Crippen LogP contribution in [0, 0.1) is 6.92 Å². The molecule has 1 saturated heterocycles. The summed E-state index contributed by atoms with van der Waals surface area (Å²) in [5, 5.41) is 3.54. The van der Waals surface area contributed by atoms with Gasteiger partial charge in [-0.2, -0.15) is 4.98 Å². The van der Waals surface area contributed by atoms with E-state index in [1.165, 1.54) is 32.1 Å². The van der Waals surface area contributed by atoms with E-state index in [4.69, 9.17) is 14.5 Å². The molecule has 8 nitrogen and oxygen atoms in total. The molecule has 1 saturated carbocycles. The number of piperazine rings is 1. The van der Waals surface area contributed by atoms with Gasteiger partial charge in [-0.05, 0) is 31.9 Å². The lowest BCUT2D eigenvalue weighted by Gasteiger charge is -2.37. The summed E-state index contributed by atoms with van der Waals surface area (Å²) in [4.78, 5) is 26.5. The first kappa shape index (κ1) is 20.8. The van der Waals surface area contributed by atoms with Gasteiger partial charge in [0.1, 0.15) is 12.4 Å². The molecule has 2 aliphatic heterocycles. The number of hydrogen-bond acceptors (Lipinski definition) is 7. The van der Waals surface area contributed by atoms with Gasteiger partial charge in [0.25, 0.3) is 5.91 Å². The summed E-state index contributed by atoms with van der Waals surface area (Å²) in [5.41, 5.74) is 0.957. The number of rotatable bonds is 4. The summed E-state index contributed by atoms with van der Waals surface area (Å²) >= 11 is 0. The molecule has 1 unspecified atom stereocenters. The van der Waals surface area contributed by atoms with E-state index >= 15 is 0 Å². The topological polar surface area (TPSA) is 79.8 Å². The minimum atomic E-state index is -0.593. The van der Waals surface area contributed by atoms with E-state index in [1.54, 1.807) is 0 Å². The van der Waals surface area contributed by atoms with Crippen molar-refractivity contribution in [1.82, 2.24) is 14.9 Å². The number of hydrogen-bond donors (Lipinski definition) is 1. The van der Waals surface area contributed by atoms with Crippen molar-refractivity contribution >= 4 is 17.7 Å². The molecular weight excluding hydrogens is 406 g/mol. The molecule has 2 aromatic rings. The van der Waals surface area contributed by atoms with Crippen molar-refractivity contribution in [2.75, 3.05) is 43.0 Å². The molecule has 8 heteroatoms. The van der Waals surface area contributed by atoms with Gasteiger partial charge in [-0.1, -0.05) is 31.4 Å². The Hall–Kier alpha value is -3.03. The van der Waals surface area contributed by atoms with Crippen molar-refractivity contribution < 1.29 is 14.3 Å². The third kappa shape index (κ3) is 4.59. The molecule has 0 spiro atoms. The lowest BCUT2D eigenvalue weighted by atomic mass is 9.96. The Morgan fingerprint density at radius 1 is 1.03 bits per heavy atom. The highest BCUT2D eigenvalue weighted by atomic mass is 16.6. The predicted octanol–water partition coefficient (Wildman–Crippen LogP) is 3.02. The zero-order valence-corrected chi connectivity index (χ0v) is 18.6. The Morgan fingerprint density at radius 2 is 1.78 bits per heavy atom. The van der Waals surface area contributed by atoms with Gasteiger partial charge in [-0.15, -0.1) is 0 Å². The van der Waals surface area contributed by atoms with E-state index in [-0.39, 0.29) is 12.5 Å². The number of anilines is 2. The molecule has 0 bridgehead atoms. The highest BCUT2D eigenvalue weighted by Crippen LogP contribution is 2.31. The number of nitrogens with one attached hydrogen (secondary N) is 1. The Balaban J connectivity index is 1.19. The highest BCUT2D eigenvalue weighted by molar-refractivity contribution is 5.82. The van der Waals surface area contributed by atoms with Crippen LogP contribution in [-0.4, -0.2) is 65.7 Å². The monoisotopic (exact) mass is 437 g/mol. The molecule has 170 valence electrons. The molecule has 5 rings (SSSR count). The number of para-hydroxylation sites is 2. The van der Waals surface area contributed by atoms with Crippen molar-refractivity contribution in [2.24, 2.45) is 0 Å². The van der Waals surface area contributed by atoms with Crippen LogP contribution < -0.4 is 19.7 Å². The van der Waals surface area contributed by atoms with Gasteiger partial charge in [0, 0.05) is 44.0 Å². The lowest BCUT2D eigenvalue weighted by molar-refractivity contribution is -0.141. The number of carbonyl (C=O) groups is 1. The summed E-state index contributed by atoms with van der Waals surface area (Å²) in [6.45, 7) is 4.99. The quantitative estimate of drug-likeness (QED) is 0.788. The van der Waals surface area contributed by atoms with E-state index in [1.807, 2.05) is 42.2 Å². The molecule has 1 aliphatic carbocycles. The van der Waals surface area contributed by atoms with Crippen LogP contribution in [0.15, 0.2) is 30.3 Å². The normalized spacial score (nSPS) is 21.3. The van der Waals surface area contributed by atoms with E-state index in [0.29, 0.717) is 30.6 Å². The maximum absolute atomic E-state index is 13.0. The van der Waals surface area contributed by atoms with Crippen LogP contribution in [0.1, 0.15) is 37.8 Å². The number of benzene rings is 1. The van der Waals surface area contributed by atoms with Crippen LogP contribution in [0.2, 0.25) is 0 Å². The maximum Gasteiger partial charge on any atom is 0.267 e. The smallest absolute Gasteiger partial charge is 0.267 e. The van der Waals surface area contributed by atoms with Crippen molar-refractivity contribution in [1.29, 1.82) is 0 Å². The fraction of sp³-hybridized carbons (Fsp3) is 0.542. The van der Waals surface area contributed by atoms with Crippen LogP contribution in [0.3, 0.4) is 0 Å². The van der Waals surface area contributed by atoms with Crippen LogP contribution in [-0.2, 0) is 4.79 Å². The fourth-order valence-electron chi connectivity index (χ4n) is 4.71. The minimum absolute atomic E-state index is 0.0160. The number of aromatic nitrogens is 2. The van der Waals surface area contributed by atoms with Crippen molar-refractivity contribution in [2.45, 2.75) is 51.2 Å². The van der Waals surface area contributed by atoms with Gasteiger partial charge in [0.15, 0.2) is 11.5 Å². The van der Waals surface area contributed by atoms with Crippen molar-refractivity contribution in [3.8, 4) is 11.5 Å². The molecule has 0 radical (unpaired) electrons. The molecule has 1 atom stereocenters. The first-order chi connectivity index (χ1) is 15.7. The number of fused-ring (bicyclic) bond motifs is 1. The van der Waals surface area contributed by atoms with E-state index in [9.17, 15) is 4.79 Å². The summed E-state index contributed by atoms with van der Waals surface area (Å²) in [6, 6.07) is 9.97. The Kier molecular flexibility index (Phi) is 6.01. The first-order valence-corrected chi connectivity index (χ1v) is 11.7. The predicted molar refractivity (Wildman–Crippen MR) is 122 cm³/mol. The van der Waals surface area contributed by atoms with Gasteiger partial charge < -0.3 is 24.6 Å². The second-order valence-corrected chi connectivity index (χ2v) is 8.85. The summed E-state index contributed by atoms with van der Waals surface area (Å²) in [5.74, 6) is 2.95. The van der Waals surface area contributed by atoms with Crippen LogP contribution >= 0.6 is 0 Å². The number of nitrogens with zero attached hydrogens (tertiary/aromatic N) is 4. The molecule has 32 heavy (non-hydrogen) atoms. The van der Waals surface area contributed by atoms with Crippen molar-refractivity contribution in [3.63, 3.8) is 0 Å². The molecular formula is C24H31N5O3. The molecule has 1 amide bonds. The van der Waals surface area contributed by atoms with E-state index in [2.05, 4.69) is 15.2 Å². The maximum atomic E-state index is 13.0. The summed E-state index contributed by atoms with van der Waals surface area (Å²) in [6.07, 6.45) is 5.65. The van der Waals surface area contributed by atoms with Gasteiger partial charge in [0.2, 0.25) is 12.1 Å². The average molecular weight is 438 g/mol. The lowest BCUT2D eigenvalue weighted by Crippen LogP contribution is -2.54. The largest absolute Gasteiger partial charge is 0.485 e. The van der Waals surface area contributed by atoms with E-state index < -0.39 is 6.10 Å². The van der Waals surface area contributed by atoms with Crippen molar-refractivity contribution in [3.05, 3.63) is 36.0 Å². The summed E-state index contributed by atoms with van der Waals surface area (Å²) in [7, 11) is 0. The fourth-order valence-corrected chi connectivity index (χ4v) is 4.71. The highest BCUT2D eigenvalue weighted by Gasteiger charge is 2.33. The standard InChI is InChI=1S/C24H31N5O3/c1-17-15-22(27-24(25-17)26-18-7-3-2-4-8-18)28-11-13-29(14-12-28)23(30)21-16-31-19-9-5-6-10-20(19)32-21/h5-6,9-10,15,18,21H,2-4,7-8,11-14,16H2,1H3,(H,25,26,27). The molecule has 3 aliphatic rings. The molecule has 1 N–H and O–H groups in total. The minimum Gasteiger partial charge on any atom is -0.485 e. The number of ether oxygens (including phenoxy) is 2. The molecule has 3 heterocycles. The first-order valence-electron chi connectivity index (χ1n) is 11.7. The van der Waals surface area contributed by atoms with E-state index in [0.717, 1.165) is 30.5 Å². The Morgan fingerprint density at radius 3 is 2.56 bits per heavy atom. The molecule has 1 aromatic carbocycles. The number of amides is 1. The molecule has 2 fully saturated rings. The molecule has 1 aromatic heterocycles. The van der Waals surface area contributed by atoms with Crippen LogP contribution in [0.4, 0.5) is 11.8 Å². The number of carbonyl (C=O) groups excluding carboxylic acids is 1. The number of aryl methyl sites for hydroxylation is 1. The third-order valence-electron chi connectivity index (χ3n) is 6.48. The second-order valence-electron chi connectivity index (χ2n) is 8.85. The van der Waals surface area contributed by atoms with Gasteiger partial charge >= 0.3 is 0 Å². The average Bonchev–Trinajstić information content (AvgIpc) is 2.84. The van der Waals surface area contributed by atoms with Gasteiger partial charge in [-0.25, -0.2) is 4.98 Å². The Bertz CT molecular complexity index is 954. The Labute approximate surface area is 188 Å². The zero-order valence-electron chi connectivity index (χ0n) is 18.6. The van der Waals surface area contributed by atoms with Crippen LogP contribution in [0.5, 0.6) is 11.5 Å². The zero-order chi connectivity index (χ0) is 21.9. The van der Waals surface area contributed by atoms with Gasteiger partial charge in [0.05, 0.1) is 0 Å². The third-order valence-corrected chi connectivity index (χ3v) is 6.48. The van der Waals surface area contributed by atoms with Crippen LogP contribution in [0.25, 0.3) is 0 Å². The second kappa shape index (κ2) is 9.22. The SMILES string of the molecule is Cc1cc(N2CCN(C(=O)C3COc4ccccc4O3)CC2)nc(NC2CCCCC2)n1. The summed E-state index contributed by atoms with van der Waals surface area (Å²) < 4.78 is 11.6.